The van der Waals surface area contributed by atoms with Gasteiger partial charge in [0.05, 0.1) is 4.90 Å². The Bertz CT molecular complexity index is 550. The highest BCUT2D eigenvalue weighted by Crippen LogP contribution is 2.24. The summed E-state index contributed by atoms with van der Waals surface area (Å²) in [6.45, 7) is 1.34. The highest BCUT2D eigenvalue weighted by Gasteiger charge is 2.16. The standard InChI is InChI=1S/C10H11NO5S2/c1-7(12)11-8-2-4-9(5-3-8)18(15,16)17-6-10(13)14/h2-5H,6H2,1H3,(H,11,12)(H,13,14). The molecule has 0 aromatic heterocycles. The van der Waals surface area contributed by atoms with Crippen molar-refractivity contribution in [2.24, 2.45) is 0 Å². The third kappa shape index (κ3) is 4.38. The minimum Gasteiger partial charge on any atom is -0.481 e. The molecule has 0 spiro atoms. The number of hydrogen-bond donors (Lipinski definition) is 2. The van der Waals surface area contributed by atoms with Crippen LogP contribution in [0.3, 0.4) is 0 Å². The van der Waals surface area contributed by atoms with Crippen molar-refractivity contribution in [1.82, 2.24) is 0 Å². The van der Waals surface area contributed by atoms with Crippen LogP contribution in [0, 0.1) is 0 Å². The van der Waals surface area contributed by atoms with Crippen LogP contribution in [0.15, 0.2) is 29.2 Å². The van der Waals surface area contributed by atoms with Gasteiger partial charge >= 0.3 is 5.97 Å². The van der Waals surface area contributed by atoms with E-state index in [9.17, 15) is 18.0 Å². The zero-order valence-corrected chi connectivity index (χ0v) is 11.0. The van der Waals surface area contributed by atoms with Gasteiger partial charge in [0.15, 0.2) is 0 Å². The van der Waals surface area contributed by atoms with Crippen LogP contribution in [0.25, 0.3) is 0 Å². The number of nitrogens with one attached hydrogen (secondary N) is 1. The van der Waals surface area contributed by atoms with Gasteiger partial charge in [0.25, 0.3) is 0 Å². The number of carbonyl (C=O) groups is 2. The van der Waals surface area contributed by atoms with Crippen molar-refractivity contribution in [3.63, 3.8) is 0 Å². The molecule has 0 aliphatic rings. The Morgan fingerprint density at radius 1 is 1.28 bits per heavy atom. The van der Waals surface area contributed by atoms with Crippen LogP contribution in [0.4, 0.5) is 5.69 Å². The molecule has 6 nitrogen and oxygen atoms in total. The number of carboxylic acids is 1. The molecule has 0 unspecified atom stereocenters. The number of hydrogen-bond acceptors (Lipinski definition) is 5. The Kier molecular flexibility index (Phi) is 4.74. The van der Waals surface area contributed by atoms with Crippen LogP contribution < -0.4 is 5.32 Å². The molecule has 1 amide bonds. The molecule has 0 saturated carbocycles. The summed E-state index contributed by atoms with van der Waals surface area (Å²) in [5, 5.41) is 10.9. The van der Waals surface area contributed by atoms with Crippen LogP contribution in [-0.2, 0) is 18.5 Å². The summed E-state index contributed by atoms with van der Waals surface area (Å²) < 4.78 is 23.4. The molecule has 18 heavy (non-hydrogen) atoms. The Hall–Kier alpha value is -1.54. The third-order valence-electron chi connectivity index (χ3n) is 1.80. The molecule has 0 heterocycles. The average molecular weight is 289 g/mol. The van der Waals surface area contributed by atoms with Gasteiger partial charge in [-0.15, -0.1) is 0 Å². The van der Waals surface area contributed by atoms with Crippen molar-refractivity contribution in [2.75, 3.05) is 11.1 Å². The number of aliphatic carboxylic acids is 1. The molecule has 2 N–H and O–H groups in total. The van der Waals surface area contributed by atoms with Gasteiger partial charge in [0.2, 0.25) is 14.8 Å². The van der Waals surface area contributed by atoms with Crippen LogP contribution in [0.1, 0.15) is 6.92 Å². The lowest BCUT2D eigenvalue weighted by Gasteiger charge is -2.04. The molecule has 1 aromatic rings. The van der Waals surface area contributed by atoms with Gasteiger partial charge in [-0.05, 0) is 35.1 Å². The molecular weight excluding hydrogens is 278 g/mol. The predicted octanol–water partition coefficient (Wildman–Crippen LogP) is 1.15. The number of rotatable bonds is 5. The molecule has 0 aliphatic carbocycles. The second-order valence-electron chi connectivity index (χ2n) is 3.32. The van der Waals surface area contributed by atoms with E-state index in [1.807, 2.05) is 0 Å². The fraction of sp³-hybridized carbons (Fsp3) is 0.200. The van der Waals surface area contributed by atoms with E-state index < -0.39 is 20.6 Å². The molecule has 0 bridgehead atoms. The molecule has 98 valence electrons. The SMILES string of the molecule is CC(=O)Nc1ccc(S(=O)(=O)SCC(=O)O)cc1. The monoisotopic (exact) mass is 289 g/mol. The first-order valence-electron chi connectivity index (χ1n) is 4.80. The molecule has 0 fully saturated rings. The van der Waals surface area contributed by atoms with E-state index in [0.29, 0.717) is 16.5 Å². The number of carbonyl (C=O) groups excluding carboxylic acids is 1. The highest BCUT2D eigenvalue weighted by molar-refractivity contribution is 8.72. The van der Waals surface area contributed by atoms with Crippen molar-refractivity contribution in [1.29, 1.82) is 0 Å². The van der Waals surface area contributed by atoms with Crippen molar-refractivity contribution in [2.45, 2.75) is 11.8 Å². The Balaban J connectivity index is 2.84. The van der Waals surface area contributed by atoms with Crippen molar-refractivity contribution < 1.29 is 23.1 Å². The van der Waals surface area contributed by atoms with Gasteiger partial charge in [-0.3, -0.25) is 9.59 Å². The lowest BCUT2D eigenvalue weighted by molar-refractivity contribution is -0.133. The summed E-state index contributed by atoms with van der Waals surface area (Å²) in [6.07, 6.45) is 0. The fourth-order valence-corrected chi connectivity index (χ4v) is 3.48. The molecule has 0 radical (unpaired) electrons. The highest BCUT2D eigenvalue weighted by atomic mass is 33.1. The summed E-state index contributed by atoms with van der Waals surface area (Å²) in [7, 11) is -3.33. The predicted molar refractivity (Wildman–Crippen MR) is 68.0 cm³/mol. The van der Waals surface area contributed by atoms with Gasteiger partial charge < -0.3 is 10.4 Å². The van der Waals surface area contributed by atoms with Crippen molar-refractivity contribution in [3.8, 4) is 0 Å². The van der Waals surface area contributed by atoms with E-state index in [1.165, 1.54) is 31.2 Å². The minimum atomic E-state index is -3.68. The second-order valence-corrected chi connectivity index (χ2v) is 7.24. The normalized spacial score (nSPS) is 10.9. The summed E-state index contributed by atoms with van der Waals surface area (Å²) in [4.78, 5) is 21.1. The van der Waals surface area contributed by atoms with Crippen LogP contribution >= 0.6 is 10.8 Å². The first kappa shape index (κ1) is 14.5. The summed E-state index contributed by atoms with van der Waals surface area (Å²) in [5.41, 5.74) is 0.477. The Labute approximate surface area is 108 Å². The topological polar surface area (TPSA) is 101 Å². The molecule has 0 atom stereocenters. The van der Waals surface area contributed by atoms with Gasteiger partial charge in [0, 0.05) is 12.6 Å². The zero-order chi connectivity index (χ0) is 13.8. The van der Waals surface area contributed by atoms with E-state index in [2.05, 4.69) is 5.32 Å². The van der Waals surface area contributed by atoms with Crippen LogP contribution in [0.5, 0.6) is 0 Å². The van der Waals surface area contributed by atoms with Gasteiger partial charge in [-0.1, -0.05) is 0 Å². The molecule has 0 saturated heterocycles. The second kappa shape index (κ2) is 5.87. The number of anilines is 1. The largest absolute Gasteiger partial charge is 0.481 e. The fourth-order valence-electron chi connectivity index (χ4n) is 1.10. The molecular formula is C10H11NO5S2. The van der Waals surface area contributed by atoms with Gasteiger partial charge in [-0.25, -0.2) is 8.42 Å². The minimum absolute atomic E-state index is 0.00264. The van der Waals surface area contributed by atoms with Crippen LogP contribution in [0.2, 0.25) is 0 Å². The van der Waals surface area contributed by atoms with E-state index in [-0.39, 0.29) is 10.8 Å². The lowest BCUT2D eigenvalue weighted by atomic mass is 10.3. The van der Waals surface area contributed by atoms with Gasteiger partial charge in [0.1, 0.15) is 5.75 Å². The van der Waals surface area contributed by atoms with Crippen molar-refractivity contribution in [3.05, 3.63) is 24.3 Å². The third-order valence-corrected chi connectivity index (χ3v) is 5.19. The van der Waals surface area contributed by atoms with E-state index in [0.717, 1.165) is 0 Å². The Morgan fingerprint density at radius 2 is 1.83 bits per heavy atom. The first-order valence-corrected chi connectivity index (χ1v) is 7.79. The number of carboxylic acid groups (broad SMARTS) is 1. The maximum absolute atomic E-state index is 11.7. The Morgan fingerprint density at radius 3 is 2.28 bits per heavy atom. The molecule has 1 rings (SSSR count). The van der Waals surface area contributed by atoms with E-state index >= 15 is 0 Å². The maximum Gasteiger partial charge on any atom is 0.314 e. The summed E-state index contributed by atoms with van der Waals surface area (Å²) in [5.74, 6) is -1.97. The van der Waals surface area contributed by atoms with E-state index in [1.54, 1.807) is 0 Å². The van der Waals surface area contributed by atoms with Crippen molar-refractivity contribution >= 4 is 37.2 Å². The average Bonchev–Trinajstić information content (AvgIpc) is 2.26. The smallest absolute Gasteiger partial charge is 0.314 e. The quantitative estimate of drug-likeness (QED) is 0.789. The molecule has 0 aliphatic heterocycles. The summed E-state index contributed by atoms with van der Waals surface area (Å²) in [6, 6.07) is 5.51. The van der Waals surface area contributed by atoms with Crippen LogP contribution in [-0.4, -0.2) is 31.2 Å². The van der Waals surface area contributed by atoms with E-state index in [4.69, 9.17) is 5.11 Å². The number of amides is 1. The zero-order valence-electron chi connectivity index (χ0n) is 9.41. The lowest BCUT2D eigenvalue weighted by Crippen LogP contribution is -2.06. The maximum atomic E-state index is 11.7. The molecule has 1 aromatic carbocycles. The van der Waals surface area contributed by atoms with Gasteiger partial charge in [-0.2, -0.15) is 0 Å². The first-order chi connectivity index (χ1) is 8.31. The summed E-state index contributed by atoms with van der Waals surface area (Å²) >= 11 is 0. The number of benzene rings is 1. The molecule has 8 heteroatoms.